The predicted octanol–water partition coefficient (Wildman–Crippen LogP) is 3.99. The van der Waals surface area contributed by atoms with Crippen molar-refractivity contribution in [3.8, 4) is 5.75 Å². The monoisotopic (exact) mass is 310 g/mol. The summed E-state index contributed by atoms with van der Waals surface area (Å²) in [6.07, 6.45) is 0.878. The van der Waals surface area contributed by atoms with Gasteiger partial charge in [-0.1, -0.05) is 18.2 Å². The highest BCUT2D eigenvalue weighted by Gasteiger charge is 2.31. The van der Waals surface area contributed by atoms with Gasteiger partial charge in [0.15, 0.2) is 0 Å². The van der Waals surface area contributed by atoms with Crippen LogP contribution in [0.25, 0.3) is 0 Å². The van der Waals surface area contributed by atoms with Crippen LogP contribution in [-0.4, -0.2) is 19.1 Å². The number of carbonyl (C=O) groups is 1. The van der Waals surface area contributed by atoms with Crippen LogP contribution >= 0.6 is 0 Å². The highest BCUT2D eigenvalue weighted by atomic mass is 16.5. The van der Waals surface area contributed by atoms with Crippen molar-refractivity contribution in [1.29, 1.82) is 0 Å². The van der Waals surface area contributed by atoms with Crippen LogP contribution in [0.15, 0.2) is 48.5 Å². The van der Waals surface area contributed by atoms with E-state index in [0.717, 1.165) is 29.1 Å². The van der Waals surface area contributed by atoms with E-state index in [-0.39, 0.29) is 18.0 Å². The van der Waals surface area contributed by atoms with Gasteiger partial charge in [0.1, 0.15) is 5.75 Å². The summed E-state index contributed by atoms with van der Waals surface area (Å²) in [5.41, 5.74) is 3.22. The van der Waals surface area contributed by atoms with Crippen LogP contribution in [0.1, 0.15) is 31.9 Å². The van der Waals surface area contributed by atoms with Gasteiger partial charge in [-0.25, -0.2) is 0 Å². The normalized spacial score (nSPS) is 19.9. The van der Waals surface area contributed by atoms with Gasteiger partial charge in [-0.3, -0.25) is 4.79 Å². The number of anilines is 2. The van der Waals surface area contributed by atoms with E-state index in [2.05, 4.69) is 18.3 Å². The molecule has 4 nitrogen and oxygen atoms in total. The number of carbonyl (C=O) groups excluding carboxylic acids is 1. The number of fused-ring (bicyclic) bond motifs is 1. The number of hydrogen-bond acceptors (Lipinski definition) is 3. The zero-order valence-corrected chi connectivity index (χ0v) is 13.7. The number of amides is 1. The molecule has 2 aromatic carbocycles. The van der Waals surface area contributed by atoms with Gasteiger partial charge in [-0.15, -0.1) is 0 Å². The van der Waals surface area contributed by atoms with E-state index in [9.17, 15) is 4.79 Å². The zero-order chi connectivity index (χ0) is 16.4. The topological polar surface area (TPSA) is 41.6 Å². The molecule has 1 aliphatic rings. The molecule has 2 aromatic rings. The van der Waals surface area contributed by atoms with Crippen molar-refractivity contribution in [2.75, 3.05) is 17.3 Å². The van der Waals surface area contributed by atoms with Gasteiger partial charge in [0.25, 0.3) is 0 Å². The summed E-state index contributed by atoms with van der Waals surface area (Å²) in [7, 11) is 1.66. The first-order valence-electron chi connectivity index (χ1n) is 7.89. The highest BCUT2D eigenvalue weighted by molar-refractivity contribution is 5.93. The Bertz CT molecular complexity index is 697. The van der Waals surface area contributed by atoms with Crippen LogP contribution in [0, 0.1) is 0 Å². The van der Waals surface area contributed by atoms with Gasteiger partial charge in [0.05, 0.1) is 13.2 Å². The van der Waals surface area contributed by atoms with Gasteiger partial charge >= 0.3 is 0 Å². The van der Waals surface area contributed by atoms with Crippen LogP contribution < -0.4 is 15.0 Å². The maximum Gasteiger partial charge on any atom is 0.224 e. The molecule has 0 aliphatic carbocycles. The number of benzene rings is 2. The minimum atomic E-state index is 0.0906. The molecule has 0 fully saturated rings. The molecule has 4 heteroatoms. The van der Waals surface area contributed by atoms with Crippen LogP contribution in [0.3, 0.4) is 0 Å². The van der Waals surface area contributed by atoms with E-state index in [1.165, 1.54) is 0 Å². The summed E-state index contributed by atoms with van der Waals surface area (Å²) in [5.74, 6) is 0.934. The minimum absolute atomic E-state index is 0.0906. The van der Waals surface area contributed by atoms with E-state index in [1.807, 2.05) is 47.4 Å². The predicted molar refractivity (Wildman–Crippen MR) is 93.0 cm³/mol. The first kappa shape index (κ1) is 15.4. The average molecular weight is 310 g/mol. The fraction of sp³-hybridized carbons (Fsp3) is 0.316. The van der Waals surface area contributed by atoms with Crippen molar-refractivity contribution in [2.24, 2.45) is 0 Å². The van der Waals surface area contributed by atoms with Gasteiger partial charge < -0.3 is 15.0 Å². The molecule has 1 heterocycles. The van der Waals surface area contributed by atoms with Crippen molar-refractivity contribution in [3.05, 3.63) is 54.1 Å². The quantitative estimate of drug-likeness (QED) is 0.932. The fourth-order valence-corrected chi connectivity index (χ4v) is 3.32. The molecule has 1 N–H and O–H groups in total. The maximum absolute atomic E-state index is 12.0. The summed E-state index contributed by atoms with van der Waals surface area (Å²) in [6, 6.07) is 16.4. The molecule has 0 bridgehead atoms. The first-order chi connectivity index (χ1) is 11.1. The molecule has 3 rings (SSSR count). The largest absolute Gasteiger partial charge is 0.497 e. The molecule has 2 atom stereocenters. The second-order valence-electron chi connectivity index (χ2n) is 5.96. The standard InChI is InChI=1S/C19H22N2O2/c1-13-12-18(20-15-8-10-16(23-3)11-9-15)17-6-4-5-7-19(17)21(13)14(2)22/h4-11,13,18,20H,12H2,1-3H3/t13-,18+/m0/s1. The van der Waals surface area contributed by atoms with Crippen molar-refractivity contribution < 1.29 is 9.53 Å². The maximum atomic E-state index is 12.0. The molecule has 0 unspecified atom stereocenters. The Labute approximate surface area is 137 Å². The highest BCUT2D eigenvalue weighted by Crippen LogP contribution is 2.38. The van der Waals surface area contributed by atoms with Crippen LogP contribution in [0.2, 0.25) is 0 Å². The van der Waals surface area contributed by atoms with E-state index in [0.29, 0.717) is 0 Å². The molecule has 1 aliphatic heterocycles. The molecule has 0 saturated heterocycles. The molecule has 0 spiro atoms. The number of para-hydroxylation sites is 1. The number of nitrogens with one attached hydrogen (secondary N) is 1. The van der Waals surface area contributed by atoms with Crippen LogP contribution in [-0.2, 0) is 4.79 Å². The Morgan fingerprint density at radius 3 is 2.52 bits per heavy atom. The number of rotatable bonds is 3. The van der Waals surface area contributed by atoms with Crippen LogP contribution in [0.5, 0.6) is 5.75 Å². The number of ether oxygens (including phenoxy) is 1. The third-order valence-electron chi connectivity index (χ3n) is 4.36. The van der Waals surface area contributed by atoms with Gasteiger partial charge in [0.2, 0.25) is 5.91 Å². The molecular weight excluding hydrogens is 288 g/mol. The van der Waals surface area contributed by atoms with E-state index < -0.39 is 0 Å². The van der Waals surface area contributed by atoms with Gasteiger partial charge in [-0.2, -0.15) is 0 Å². The van der Waals surface area contributed by atoms with Crippen LogP contribution in [0.4, 0.5) is 11.4 Å². The lowest BCUT2D eigenvalue weighted by Gasteiger charge is -2.39. The van der Waals surface area contributed by atoms with Crippen molar-refractivity contribution in [3.63, 3.8) is 0 Å². The Hall–Kier alpha value is -2.49. The van der Waals surface area contributed by atoms with Gasteiger partial charge in [-0.05, 0) is 49.2 Å². The Morgan fingerprint density at radius 1 is 1.17 bits per heavy atom. The summed E-state index contributed by atoms with van der Waals surface area (Å²) >= 11 is 0. The lowest BCUT2D eigenvalue weighted by atomic mass is 9.91. The van der Waals surface area contributed by atoms with E-state index in [1.54, 1.807) is 14.0 Å². The lowest BCUT2D eigenvalue weighted by Crippen LogP contribution is -2.43. The molecule has 0 saturated carbocycles. The third-order valence-corrected chi connectivity index (χ3v) is 4.36. The molecule has 0 radical (unpaired) electrons. The fourth-order valence-electron chi connectivity index (χ4n) is 3.32. The van der Waals surface area contributed by atoms with E-state index >= 15 is 0 Å². The van der Waals surface area contributed by atoms with Gasteiger partial charge in [0, 0.05) is 24.3 Å². The average Bonchev–Trinajstić information content (AvgIpc) is 2.55. The van der Waals surface area contributed by atoms with Crippen molar-refractivity contribution >= 4 is 17.3 Å². The van der Waals surface area contributed by atoms with Crippen molar-refractivity contribution in [1.82, 2.24) is 0 Å². The molecule has 0 aromatic heterocycles. The molecular formula is C19H22N2O2. The Kier molecular flexibility index (Phi) is 4.24. The summed E-state index contributed by atoms with van der Waals surface area (Å²) in [6.45, 7) is 3.73. The third kappa shape index (κ3) is 3.02. The number of methoxy groups -OCH3 is 1. The smallest absolute Gasteiger partial charge is 0.224 e. The summed E-state index contributed by atoms with van der Waals surface area (Å²) in [5, 5.41) is 3.58. The minimum Gasteiger partial charge on any atom is -0.497 e. The second kappa shape index (κ2) is 6.32. The van der Waals surface area contributed by atoms with E-state index in [4.69, 9.17) is 4.74 Å². The van der Waals surface area contributed by atoms with Crippen molar-refractivity contribution in [2.45, 2.75) is 32.4 Å². The SMILES string of the molecule is COc1ccc(N[C@@H]2C[C@H](C)N(C(C)=O)c3ccccc32)cc1. The lowest BCUT2D eigenvalue weighted by molar-refractivity contribution is -0.117. The first-order valence-corrected chi connectivity index (χ1v) is 7.89. The Morgan fingerprint density at radius 2 is 1.87 bits per heavy atom. The summed E-state index contributed by atoms with van der Waals surface area (Å²) < 4.78 is 5.20. The number of nitrogens with zero attached hydrogens (tertiary/aromatic N) is 1. The molecule has 1 amide bonds. The second-order valence-corrected chi connectivity index (χ2v) is 5.96. The Balaban J connectivity index is 1.90. The summed E-state index contributed by atoms with van der Waals surface area (Å²) in [4.78, 5) is 13.9. The molecule has 23 heavy (non-hydrogen) atoms. The molecule has 120 valence electrons. The number of hydrogen-bond donors (Lipinski definition) is 1. The zero-order valence-electron chi connectivity index (χ0n) is 13.7.